The first kappa shape index (κ1) is 24.7. The second kappa shape index (κ2) is 14.9. The van der Waals surface area contributed by atoms with Crippen molar-refractivity contribution in [2.75, 3.05) is 20.2 Å². The molecule has 7 heteroatoms. The molecule has 0 atom stereocenters. The molecule has 1 amide bonds. The molecule has 0 radical (unpaired) electrons. The van der Waals surface area contributed by atoms with Gasteiger partial charge in [0.2, 0.25) is 0 Å². The van der Waals surface area contributed by atoms with Crippen molar-refractivity contribution in [3.8, 4) is 0 Å². The summed E-state index contributed by atoms with van der Waals surface area (Å²) in [6.45, 7) is 1.72. The molecule has 0 aliphatic heterocycles. The van der Waals surface area contributed by atoms with Crippen LogP contribution in [-0.2, 0) is 14.3 Å². The summed E-state index contributed by atoms with van der Waals surface area (Å²) in [5, 5.41) is 0. The van der Waals surface area contributed by atoms with Crippen LogP contribution in [0.25, 0.3) is 0 Å². The van der Waals surface area contributed by atoms with Gasteiger partial charge in [0.05, 0.1) is 6.61 Å². The van der Waals surface area contributed by atoms with E-state index in [0.29, 0.717) is 11.3 Å². The lowest BCUT2D eigenvalue weighted by Crippen LogP contribution is -2.41. The van der Waals surface area contributed by atoms with E-state index >= 15 is 0 Å². The lowest BCUT2D eigenvalue weighted by atomic mass is 10.1. The minimum Gasteiger partial charge on any atom is -0.464 e. The molecule has 0 rings (SSSR count). The van der Waals surface area contributed by atoms with E-state index in [1.54, 1.807) is 0 Å². The monoisotopic (exact) mass is 381 g/mol. The Morgan fingerprint density at radius 1 is 0.808 bits per heavy atom. The summed E-state index contributed by atoms with van der Waals surface area (Å²) in [5.41, 5.74) is 0. The van der Waals surface area contributed by atoms with Crippen LogP contribution in [0.3, 0.4) is 0 Å². The van der Waals surface area contributed by atoms with Crippen molar-refractivity contribution < 1.29 is 27.5 Å². The number of nitrogens with zero attached hydrogens (tertiary/aromatic N) is 1. The number of carbonyl (C=O) groups is 2. The largest absolute Gasteiger partial charge is 0.471 e. The number of likely N-dealkylation sites (N-methyl/N-ethyl adjacent to an activating group) is 1. The van der Waals surface area contributed by atoms with E-state index in [9.17, 15) is 22.8 Å². The Morgan fingerprint density at radius 3 is 1.65 bits per heavy atom. The summed E-state index contributed by atoms with van der Waals surface area (Å²) in [7, 11) is 0.931. The number of unbranched alkanes of at least 4 members (excludes halogenated alkanes) is 11. The molecule has 0 N–H and O–H groups in total. The van der Waals surface area contributed by atoms with Gasteiger partial charge < -0.3 is 9.64 Å². The zero-order chi connectivity index (χ0) is 19.8. The summed E-state index contributed by atoms with van der Waals surface area (Å²) in [5.74, 6) is -2.85. The molecule has 26 heavy (non-hydrogen) atoms. The second-order valence-corrected chi connectivity index (χ2v) is 6.77. The van der Waals surface area contributed by atoms with Gasteiger partial charge in [-0.3, -0.25) is 9.59 Å². The van der Waals surface area contributed by atoms with Crippen LogP contribution in [0.1, 0.15) is 84.0 Å². The lowest BCUT2D eigenvalue weighted by Gasteiger charge is -2.17. The Bertz CT molecular complexity index is 387. The van der Waals surface area contributed by atoms with Crippen molar-refractivity contribution >= 4 is 11.9 Å². The molecular weight excluding hydrogens is 347 g/mol. The Kier molecular flexibility index (Phi) is 14.1. The molecular formula is C19H34F3NO3. The minimum atomic E-state index is -4.97. The number of amides is 1. The van der Waals surface area contributed by atoms with Gasteiger partial charge in [0.25, 0.3) is 0 Å². The third-order valence-corrected chi connectivity index (χ3v) is 4.22. The molecule has 4 nitrogen and oxygen atoms in total. The van der Waals surface area contributed by atoms with Crippen LogP contribution in [0, 0.1) is 0 Å². The molecule has 0 aliphatic rings. The Labute approximate surface area is 155 Å². The first-order valence-electron chi connectivity index (χ1n) is 9.77. The number of ether oxygens (including phenoxy) is 1. The number of esters is 1. The highest BCUT2D eigenvalue weighted by atomic mass is 19.4. The molecule has 0 aliphatic carbocycles. The van der Waals surface area contributed by atoms with Crippen LogP contribution in [-0.4, -0.2) is 43.2 Å². The number of hydrogen-bond donors (Lipinski definition) is 0. The average Bonchev–Trinajstić information content (AvgIpc) is 2.57. The maximum Gasteiger partial charge on any atom is 0.471 e. The van der Waals surface area contributed by atoms with Crippen LogP contribution in [0.15, 0.2) is 0 Å². The van der Waals surface area contributed by atoms with Gasteiger partial charge in [-0.1, -0.05) is 77.6 Å². The number of halogens is 3. The van der Waals surface area contributed by atoms with E-state index in [2.05, 4.69) is 6.92 Å². The fourth-order valence-electron chi connectivity index (χ4n) is 2.66. The van der Waals surface area contributed by atoms with Gasteiger partial charge >= 0.3 is 18.1 Å². The average molecular weight is 381 g/mol. The molecule has 154 valence electrons. The molecule has 0 fully saturated rings. The zero-order valence-electron chi connectivity index (χ0n) is 16.2. The summed E-state index contributed by atoms with van der Waals surface area (Å²) in [6.07, 6.45) is 9.28. The van der Waals surface area contributed by atoms with Gasteiger partial charge in [0, 0.05) is 7.05 Å². The van der Waals surface area contributed by atoms with Crippen LogP contribution in [0.2, 0.25) is 0 Å². The number of carbonyl (C=O) groups excluding carboxylic acids is 2. The van der Waals surface area contributed by atoms with E-state index in [1.165, 1.54) is 51.4 Å². The van der Waals surface area contributed by atoms with Crippen molar-refractivity contribution in [1.29, 1.82) is 0 Å². The topological polar surface area (TPSA) is 46.6 Å². The van der Waals surface area contributed by atoms with Gasteiger partial charge in [-0.05, 0) is 6.42 Å². The fraction of sp³-hybridized carbons (Fsp3) is 0.895. The maximum atomic E-state index is 12.2. The summed E-state index contributed by atoms with van der Waals surface area (Å²) in [6, 6.07) is 0. The maximum absolute atomic E-state index is 12.2. The van der Waals surface area contributed by atoms with Crippen LogP contribution >= 0.6 is 0 Å². The highest BCUT2D eigenvalue weighted by Gasteiger charge is 2.41. The number of rotatable bonds is 15. The summed E-state index contributed by atoms with van der Waals surface area (Å²) >= 11 is 0. The number of alkyl halides is 3. The number of hydrogen-bond acceptors (Lipinski definition) is 3. The molecule has 0 aromatic carbocycles. The SMILES string of the molecule is CCCCCCCCCCCCCCOC(=O)CN(C)C(=O)C(F)(F)F. The lowest BCUT2D eigenvalue weighted by molar-refractivity contribution is -0.185. The predicted octanol–water partition coefficient (Wildman–Crippen LogP) is 5.25. The quantitative estimate of drug-likeness (QED) is 0.287. The predicted molar refractivity (Wildman–Crippen MR) is 95.7 cm³/mol. The van der Waals surface area contributed by atoms with Gasteiger partial charge in [-0.15, -0.1) is 0 Å². The second-order valence-electron chi connectivity index (χ2n) is 6.77. The Hall–Kier alpha value is -1.27. The Balaban J connectivity index is 3.45. The Morgan fingerprint density at radius 2 is 1.23 bits per heavy atom. The molecule has 0 heterocycles. The van der Waals surface area contributed by atoms with Crippen molar-refractivity contribution in [3.63, 3.8) is 0 Å². The zero-order valence-corrected chi connectivity index (χ0v) is 16.2. The van der Waals surface area contributed by atoms with E-state index in [-0.39, 0.29) is 6.61 Å². The van der Waals surface area contributed by atoms with Crippen molar-refractivity contribution in [1.82, 2.24) is 4.90 Å². The molecule has 0 unspecified atom stereocenters. The van der Waals surface area contributed by atoms with E-state index in [4.69, 9.17) is 4.74 Å². The fourth-order valence-corrected chi connectivity index (χ4v) is 2.66. The standard InChI is InChI=1S/C19H34F3NO3/c1-3-4-5-6-7-8-9-10-11-12-13-14-15-26-17(24)16-23(2)18(25)19(20,21)22/h3-16H2,1-2H3. The van der Waals surface area contributed by atoms with Gasteiger partial charge in [0.15, 0.2) is 0 Å². The highest BCUT2D eigenvalue weighted by Crippen LogP contribution is 2.17. The third-order valence-electron chi connectivity index (χ3n) is 4.22. The van der Waals surface area contributed by atoms with Crippen LogP contribution < -0.4 is 0 Å². The van der Waals surface area contributed by atoms with E-state index in [0.717, 1.165) is 26.3 Å². The molecule has 0 aromatic heterocycles. The normalized spacial score (nSPS) is 11.4. The van der Waals surface area contributed by atoms with Gasteiger partial charge in [-0.2, -0.15) is 13.2 Å². The molecule has 0 aromatic rings. The molecule has 0 saturated heterocycles. The van der Waals surface area contributed by atoms with Gasteiger partial charge in [0.1, 0.15) is 6.54 Å². The first-order chi connectivity index (χ1) is 12.3. The third kappa shape index (κ3) is 14.0. The van der Waals surface area contributed by atoms with Crippen molar-refractivity contribution in [3.05, 3.63) is 0 Å². The smallest absolute Gasteiger partial charge is 0.464 e. The van der Waals surface area contributed by atoms with Crippen LogP contribution in [0.5, 0.6) is 0 Å². The van der Waals surface area contributed by atoms with Gasteiger partial charge in [-0.25, -0.2) is 0 Å². The van der Waals surface area contributed by atoms with Crippen molar-refractivity contribution in [2.24, 2.45) is 0 Å². The van der Waals surface area contributed by atoms with E-state index < -0.39 is 24.6 Å². The van der Waals surface area contributed by atoms with Crippen molar-refractivity contribution in [2.45, 2.75) is 90.1 Å². The highest BCUT2D eigenvalue weighted by molar-refractivity contribution is 5.85. The molecule has 0 bridgehead atoms. The molecule has 0 saturated carbocycles. The first-order valence-corrected chi connectivity index (χ1v) is 9.77. The summed E-state index contributed by atoms with van der Waals surface area (Å²) < 4.78 is 41.4. The minimum absolute atomic E-state index is 0.185. The molecule has 0 spiro atoms. The summed E-state index contributed by atoms with van der Waals surface area (Å²) in [4.78, 5) is 22.6. The van der Waals surface area contributed by atoms with Crippen LogP contribution in [0.4, 0.5) is 13.2 Å². The van der Waals surface area contributed by atoms with E-state index in [1.807, 2.05) is 0 Å².